The predicted octanol–water partition coefficient (Wildman–Crippen LogP) is 2.70. The minimum absolute atomic E-state index is 0.245. The molecule has 4 nitrogen and oxygen atoms in total. The van der Waals surface area contributed by atoms with E-state index in [9.17, 15) is 4.39 Å². The molecule has 3 N–H and O–H groups in total. The molecular weight excluding hydrogens is 311 g/mol. The smallest absolute Gasteiger partial charge is 0.0970 e. The number of hydrogen-bond donors (Lipinski definition) is 2. The first-order valence-corrected chi connectivity index (χ1v) is 9.43. The molecule has 1 aromatic rings. The maximum atomic E-state index is 12.7. The monoisotopic (exact) mass is 342 g/mol. The van der Waals surface area contributed by atoms with E-state index in [0.717, 1.165) is 39.4 Å². The molecule has 0 spiro atoms. The highest BCUT2D eigenvalue weighted by Gasteiger charge is 2.27. The molecule has 0 aliphatic carbocycles. The lowest BCUT2D eigenvalue weighted by molar-refractivity contribution is 0.224. The predicted molar refractivity (Wildman–Crippen MR) is 97.9 cm³/mol. The Bertz CT molecular complexity index is 489. The van der Waals surface area contributed by atoms with Gasteiger partial charge in [0.1, 0.15) is 0 Å². The summed E-state index contributed by atoms with van der Waals surface area (Å²) in [5, 5.41) is 4.74. The molecule has 132 valence electrons. The Morgan fingerprint density at radius 3 is 2.83 bits per heavy atom. The van der Waals surface area contributed by atoms with Crippen molar-refractivity contribution in [2.75, 3.05) is 44.4 Å². The summed E-state index contributed by atoms with van der Waals surface area (Å²) in [5.41, 5.74) is 8.39. The number of nitrogens with zero attached hydrogens (tertiary/aromatic N) is 2. The number of fused-ring (bicyclic) bond motifs is 1. The van der Waals surface area contributed by atoms with Crippen molar-refractivity contribution in [1.82, 2.24) is 10.2 Å². The highest BCUT2D eigenvalue weighted by Crippen LogP contribution is 2.39. The van der Waals surface area contributed by atoms with Crippen LogP contribution >= 0.6 is 11.3 Å². The quantitative estimate of drug-likeness (QED) is 0.677. The average Bonchev–Trinajstić information content (AvgIpc) is 2.82. The minimum atomic E-state index is -0.245. The summed E-state index contributed by atoms with van der Waals surface area (Å²) < 4.78 is 12.7. The van der Waals surface area contributed by atoms with Gasteiger partial charge in [0, 0.05) is 49.7 Å². The zero-order chi connectivity index (χ0) is 16.8. The Balaban J connectivity index is 2.18. The summed E-state index contributed by atoms with van der Waals surface area (Å²) in [4.78, 5) is 6.24. The Morgan fingerprint density at radius 1 is 1.39 bits per heavy atom. The lowest BCUT2D eigenvalue weighted by Crippen LogP contribution is -2.43. The summed E-state index contributed by atoms with van der Waals surface area (Å²) in [7, 11) is 0. The third kappa shape index (κ3) is 4.89. The van der Waals surface area contributed by atoms with Gasteiger partial charge in [-0.25, -0.2) is 0 Å². The summed E-state index contributed by atoms with van der Waals surface area (Å²) in [6.45, 7) is 12.7. The Hall–Kier alpha value is -0.690. The van der Waals surface area contributed by atoms with Crippen molar-refractivity contribution in [3.8, 4) is 0 Å². The van der Waals surface area contributed by atoms with E-state index in [4.69, 9.17) is 5.73 Å². The van der Waals surface area contributed by atoms with Gasteiger partial charge in [0.05, 0.1) is 18.3 Å². The van der Waals surface area contributed by atoms with Crippen molar-refractivity contribution in [2.45, 2.75) is 40.3 Å². The lowest BCUT2D eigenvalue weighted by Gasteiger charge is -2.37. The molecule has 0 saturated heterocycles. The molecule has 0 atom stereocenters. The van der Waals surface area contributed by atoms with E-state index < -0.39 is 0 Å². The molecule has 1 aromatic heterocycles. The molecule has 0 aromatic carbocycles. The van der Waals surface area contributed by atoms with Crippen LogP contribution in [0.4, 0.5) is 9.39 Å². The maximum Gasteiger partial charge on any atom is 0.0970 e. The van der Waals surface area contributed by atoms with E-state index in [1.807, 2.05) is 11.3 Å². The number of anilines is 1. The zero-order valence-corrected chi connectivity index (χ0v) is 15.5. The second-order valence-electron chi connectivity index (χ2n) is 6.75. The van der Waals surface area contributed by atoms with Gasteiger partial charge >= 0.3 is 0 Å². The normalized spacial score (nSPS) is 15.5. The average molecular weight is 343 g/mol. The molecule has 6 heteroatoms. The van der Waals surface area contributed by atoms with Crippen molar-refractivity contribution in [3.05, 3.63) is 16.0 Å². The van der Waals surface area contributed by atoms with Gasteiger partial charge in [0.2, 0.25) is 0 Å². The SMILES string of the molecule is Cc1c(CNCCN)sc2c1CN(CC(C)C)CN2CCCF. The fourth-order valence-corrected chi connectivity index (χ4v) is 4.44. The Labute approximate surface area is 143 Å². The van der Waals surface area contributed by atoms with E-state index in [1.54, 1.807) is 0 Å². The first kappa shape index (κ1) is 18.6. The fourth-order valence-electron chi connectivity index (χ4n) is 3.14. The van der Waals surface area contributed by atoms with Gasteiger partial charge in [-0.3, -0.25) is 9.29 Å². The van der Waals surface area contributed by atoms with Crippen LogP contribution in [0.25, 0.3) is 0 Å². The molecule has 1 aliphatic rings. The van der Waals surface area contributed by atoms with Gasteiger partial charge in [-0.2, -0.15) is 0 Å². The zero-order valence-electron chi connectivity index (χ0n) is 14.7. The van der Waals surface area contributed by atoms with Crippen LogP contribution < -0.4 is 16.0 Å². The molecular formula is C17H31FN4S. The molecule has 0 unspecified atom stereocenters. The second-order valence-corrected chi connectivity index (χ2v) is 7.84. The van der Waals surface area contributed by atoms with Gasteiger partial charge in [-0.1, -0.05) is 13.8 Å². The molecule has 23 heavy (non-hydrogen) atoms. The summed E-state index contributed by atoms with van der Waals surface area (Å²) in [6.07, 6.45) is 0.604. The van der Waals surface area contributed by atoms with Crippen molar-refractivity contribution < 1.29 is 4.39 Å². The summed E-state index contributed by atoms with van der Waals surface area (Å²) in [5.74, 6) is 0.643. The summed E-state index contributed by atoms with van der Waals surface area (Å²) >= 11 is 1.87. The van der Waals surface area contributed by atoms with E-state index in [0.29, 0.717) is 18.9 Å². The Kier molecular flexibility index (Phi) is 7.27. The maximum absolute atomic E-state index is 12.7. The van der Waals surface area contributed by atoms with Crippen LogP contribution in [0.15, 0.2) is 0 Å². The second kappa shape index (κ2) is 8.97. The van der Waals surface area contributed by atoms with Crippen molar-refractivity contribution in [2.24, 2.45) is 11.7 Å². The van der Waals surface area contributed by atoms with E-state index >= 15 is 0 Å². The number of nitrogens with two attached hydrogens (primary N) is 1. The van der Waals surface area contributed by atoms with Gasteiger partial charge in [-0.15, -0.1) is 11.3 Å². The van der Waals surface area contributed by atoms with Gasteiger partial charge < -0.3 is 16.0 Å². The number of alkyl halides is 1. The topological polar surface area (TPSA) is 44.5 Å². The van der Waals surface area contributed by atoms with Crippen molar-refractivity contribution >= 4 is 16.3 Å². The lowest BCUT2D eigenvalue weighted by atomic mass is 10.1. The third-order valence-corrected chi connectivity index (χ3v) is 5.58. The largest absolute Gasteiger partial charge is 0.350 e. The number of hydrogen-bond acceptors (Lipinski definition) is 5. The standard InChI is InChI=1S/C17H31FN4S/c1-13(2)10-21-11-15-14(3)16(9-20-7-6-19)23-17(15)22(12-21)8-4-5-18/h13,20H,4-12,19H2,1-3H3. The molecule has 1 aliphatic heterocycles. The Morgan fingerprint density at radius 2 is 2.17 bits per heavy atom. The summed E-state index contributed by atoms with van der Waals surface area (Å²) in [6, 6.07) is 0. The fraction of sp³-hybridized carbons (Fsp3) is 0.765. The van der Waals surface area contributed by atoms with Crippen molar-refractivity contribution in [1.29, 1.82) is 0 Å². The van der Waals surface area contributed by atoms with Crippen LogP contribution in [0.2, 0.25) is 0 Å². The molecule has 0 amide bonds. The number of nitrogens with one attached hydrogen (secondary N) is 1. The molecule has 0 bridgehead atoms. The molecule has 0 radical (unpaired) electrons. The van der Waals surface area contributed by atoms with E-state index in [-0.39, 0.29) is 6.67 Å². The van der Waals surface area contributed by atoms with Gasteiger partial charge in [0.25, 0.3) is 0 Å². The number of halogens is 1. The van der Waals surface area contributed by atoms with Crippen LogP contribution in [-0.2, 0) is 13.1 Å². The first-order valence-electron chi connectivity index (χ1n) is 8.62. The van der Waals surface area contributed by atoms with Gasteiger partial charge in [0.15, 0.2) is 0 Å². The molecule has 0 fully saturated rings. The molecule has 2 rings (SSSR count). The van der Waals surface area contributed by atoms with Crippen molar-refractivity contribution in [3.63, 3.8) is 0 Å². The van der Waals surface area contributed by atoms with E-state index in [1.165, 1.54) is 21.0 Å². The molecule has 2 heterocycles. The van der Waals surface area contributed by atoms with Crippen LogP contribution in [0.3, 0.4) is 0 Å². The van der Waals surface area contributed by atoms with Gasteiger partial charge in [-0.05, 0) is 24.8 Å². The van der Waals surface area contributed by atoms with E-state index in [2.05, 4.69) is 35.9 Å². The molecule has 0 saturated carbocycles. The number of rotatable bonds is 9. The highest BCUT2D eigenvalue weighted by atomic mass is 32.1. The minimum Gasteiger partial charge on any atom is -0.350 e. The van der Waals surface area contributed by atoms with Crippen LogP contribution in [0, 0.1) is 12.8 Å². The number of thiophene rings is 1. The van der Waals surface area contributed by atoms with Crippen LogP contribution in [0.5, 0.6) is 0 Å². The van der Waals surface area contributed by atoms with Crippen LogP contribution in [-0.4, -0.2) is 44.4 Å². The van der Waals surface area contributed by atoms with Crippen LogP contribution in [0.1, 0.15) is 36.3 Å². The first-order chi connectivity index (χ1) is 11.1. The third-order valence-electron chi connectivity index (χ3n) is 4.18. The highest BCUT2D eigenvalue weighted by molar-refractivity contribution is 7.16.